The molecule has 1 heterocycles. The summed E-state index contributed by atoms with van der Waals surface area (Å²) in [5, 5.41) is 2.85. The van der Waals surface area contributed by atoms with E-state index >= 15 is 8.78 Å². The minimum atomic E-state index is -0.674. The molecular weight excluding hydrogens is 462 g/mol. The molecule has 36 heavy (non-hydrogen) atoms. The number of anilines is 1. The predicted molar refractivity (Wildman–Crippen MR) is 141 cm³/mol. The second kappa shape index (κ2) is 12.8. The maximum atomic E-state index is 15.5. The number of halogens is 2. The molecule has 196 valence electrons. The Morgan fingerprint density at radius 3 is 2.33 bits per heavy atom. The number of fused-ring (bicyclic) bond motifs is 1. The first kappa shape index (κ1) is 29.2. The second-order valence-electron chi connectivity index (χ2n) is 9.29. The van der Waals surface area contributed by atoms with Crippen molar-refractivity contribution in [2.75, 3.05) is 19.0 Å². The number of nitrogens with one attached hydrogen (secondary N) is 1. The molecule has 1 N–H and O–H groups in total. The van der Waals surface area contributed by atoms with Gasteiger partial charge in [0.1, 0.15) is 11.6 Å². The van der Waals surface area contributed by atoms with Crippen LogP contribution < -0.4 is 5.32 Å². The van der Waals surface area contributed by atoms with Gasteiger partial charge in [-0.3, -0.25) is 9.69 Å². The van der Waals surface area contributed by atoms with Crippen LogP contribution in [0, 0.1) is 24.5 Å². The van der Waals surface area contributed by atoms with Gasteiger partial charge in [-0.25, -0.2) is 13.6 Å². The quantitative estimate of drug-likeness (QED) is 0.367. The Kier molecular flexibility index (Phi) is 10.3. The zero-order chi connectivity index (χ0) is 27.2. The fraction of sp³-hybridized carbons (Fsp3) is 0.448. The molecule has 2 aromatic carbocycles. The van der Waals surface area contributed by atoms with Gasteiger partial charge < -0.3 is 10.1 Å². The van der Waals surface area contributed by atoms with Crippen molar-refractivity contribution >= 4 is 23.6 Å². The normalized spacial score (nSPS) is 17.4. The van der Waals surface area contributed by atoms with Crippen LogP contribution in [0.4, 0.5) is 14.5 Å². The number of methoxy groups -OCH3 is 1. The molecule has 0 bridgehead atoms. The smallest absolute Gasteiger partial charge is 0.330 e. The molecule has 1 aliphatic heterocycles. The van der Waals surface area contributed by atoms with Gasteiger partial charge in [0, 0.05) is 36.8 Å². The summed E-state index contributed by atoms with van der Waals surface area (Å²) in [6.07, 6.45) is 3.17. The summed E-state index contributed by atoms with van der Waals surface area (Å²) >= 11 is 0. The van der Waals surface area contributed by atoms with Crippen LogP contribution in [0.15, 0.2) is 30.3 Å². The number of hydrogen-bond donors (Lipinski definition) is 1. The summed E-state index contributed by atoms with van der Waals surface area (Å²) in [6, 6.07) is 5.55. The number of hydrogen-bond acceptors (Lipinski definition) is 4. The Labute approximate surface area is 213 Å². The van der Waals surface area contributed by atoms with Crippen LogP contribution in [0.5, 0.6) is 0 Å². The van der Waals surface area contributed by atoms with Crippen LogP contribution in [0.1, 0.15) is 75.4 Å². The molecule has 1 aliphatic rings. The molecule has 0 radical (unpaired) electrons. The molecule has 0 saturated carbocycles. The highest BCUT2D eigenvalue weighted by Crippen LogP contribution is 2.43. The Morgan fingerprint density at radius 1 is 1.19 bits per heavy atom. The first-order valence-corrected chi connectivity index (χ1v) is 12.4. The van der Waals surface area contributed by atoms with Crippen LogP contribution in [0.2, 0.25) is 0 Å². The van der Waals surface area contributed by atoms with E-state index in [4.69, 9.17) is 0 Å². The third-order valence-corrected chi connectivity index (χ3v) is 6.20. The Hall–Kier alpha value is -3.06. The van der Waals surface area contributed by atoms with Crippen molar-refractivity contribution in [1.82, 2.24) is 4.90 Å². The zero-order valence-electron chi connectivity index (χ0n) is 22.5. The van der Waals surface area contributed by atoms with Crippen LogP contribution >= 0.6 is 0 Å². The summed E-state index contributed by atoms with van der Waals surface area (Å²) in [4.78, 5) is 25.2. The van der Waals surface area contributed by atoms with E-state index in [9.17, 15) is 9.59 Å². The highest BCUT2D eigenvalue weighted by Gasteiger charge is 2.37. The van der Waals surface area contributed by atoms with Crippen molar-refractivity contribution in [3.05, 3.63) is 69.8 Å². The molecule has 1 amide bonds. The lowest BCUT2D eigenvalue weighted by Gasteiger charge is -2.44. The largest absolute Gasteiger partial charge is 0.466 e. The number of carbonyl (C=O) groups is 2. The first-order valence-electron chi connectivity index (χ1n) is 12.4. The zero-order valence-corrected chi connectivity index (χ0v) is 22.5. The number of nitrogens with zero attached hydrogens (tertiary/aromatic N) is 1. The van der Waals surface area contributed by atoms with Crippen LogP contribution in [0.3, 0.4) is 0 Å². The van der Waals surface area contributed by atoms with Crippen molar-refractivity contribution < 1.29 is 23.1 Å². The van der Waals surface area contributed by atoms with E-state index in [1.165, 1.54) is 32.2 Å². The van der Waals surface area contributed by atoms with E-state index in [2.05, 4.69) is 35.7 Å². The lowest BCUT2D eigenvalue weighted by atomic mass is 9.81. The third-order valence-electron chi connectivity index (χ3n) is 6.20. The number of amides is 1. The molecule has 0 saturated heterocycles. The summed E-state index contributed by atoms with van der Waals surface area (Å²) in [7, 11) is 1.24. The molecule has 0 fully saturated rings. The molecule has 2 aromatic rings. The summed E-state index contributed by atoms with van der Waals surface area (Å²) < 4.78 is 35.6. The van der Waals surface area contributed by atoms with Gasteiger partial charge in [-0.05, 0) is 72.7 Å². The standard InChI is InChI=1S/C27H32F2N2O3.C2H6/c1-15(2)14-31-16(3)11-21-17(4)24(30-18(5)32)9-8-20(21)27(31)26-22(28)12-19(13-23(26)29)7-10-25(33)34-6;1-2/h7-10,12-13,15-16,27H,11,14H2,1-6H3,(H,30,32);1-2H3/b10-7+;. The van der Waals surface area contributed by atoms with Gasteiger partial charge in [0.05, 0.1) is 13.2 Å². The Morgan fingerprint density at radius 2 is 1.81 bits per heavy atom. The maximum absolute atomic E-state index is 15.5. The van der Waals surface area contributed by atoms with E-state index in [0.29, 0.717) is 24.6 Å². The SMILES string of the molecule is CC.COC(=O)/C=C/c1cc(F)c(C2c3ccc(NC(C)=O)c(C)c3CC(C)N2CC(C)C)c(F)c1. The van der Waals surface area contributed by atoms with Crippen LogP contribution in [-0.2, 0) is 20.7 Å². The minimum absolute atomic E-state index is 0.0182. The molecule has 0 spiro atoms. The number of benzene rings is 2. The van der Waals surface area contributed by atoms with Gasteiger partial charge in [-0.15, -0.1) is 0 Å². The third kappa shape index (κ3) is 6.58. The molecule has 3 rings (SSSR count). The lowest BCUT2D eigenvalue weighted by Crippen LogP contribution is -2.45. The van der Waals surface area contributed by atoms with Crippen molar-refractivity contribution in [3.8, 4) is 0 Å². The van der Waals surface area contributed by atoms with Gasteiger partial charge in [0.2, 0.25) is 5.91 Å². The van der Waals surface area contributed by atoms with E-state index in [0.717, 1.165) is 22.8 Å². The van der Waals surface area contributed by atoms with Gasteiger partial charge in [0.25, 0.3) is 0 Å². The highest BCUT2D eigenvalue weighted by molar-refractivity contribution is 5.90. The van der Waals surface area contributed by atoms with Crippen LogP contribution in [-0.4, -0.2) is 36.5 Å². The monoisotopic (exact) mass is 500 g/mol. The van der Waals surface area contributed by atoms with Crippen molar-refractivity contribution in [2.24, 2.45) is 5.92 Å². The molecule has 7 heteroatoms. The van der Waals surface area contributed by atoms with Gasteiger partial charge >= 0.3 is 5.97 Å². The number of rotatable bonds is 6. The summed E-state index contributed by atoms with van der Waals surface area (Å²) in [5.74, 6) is -1.83. The summed E-state index contributed by atoms with van der Waals surface area (Å²) in [5.41, 5.74) is 3.67. The van der Waals surface area contributed by atoms with E-state index in [1.54, 1.807) is 6.07 Å². The van der Waals surface area contributed by atoms with Crippen LogP contribution in [0.25, 0.3) is 6.08 Å². The minimum Gasteiger partial charge on any atom is -0.466 e. The fourth-order valence-electron chi connectivity index (χ4n) is 4.70. The number of ether oxygens (including phenoxy) is 1. The predicted octanol–water partition coefficient (Wildman–Crippen LogP) is 6.44. The molecule has 0 aromatic heterocycles. The van der Waals surface area contributed by atoms with E-state index in [-0.39, 0.29) is 23.1 Å². The van der Waals surface area contributed by atoms with E-state index in [1.807, 2.05) is 26.8 Å². The Bertz CT molecular complexity index is 1100. The van der Waals surface area contributed by atoms with Gasteiger partial charge in [-0.2, -0.15) is 0 Å². The average Bonchev–Trinajstić information content (AvgIpc) is 2.82. The first-order chi connectivity index (χ1) is 17.0. The number of carbonyl (C=O) groups excluding carboxylic acids is 2. The van der Waals surface area contributed by atoms with Crippen molar-refractivity contribution in [2.45, 2.75) is 67.0 Å². The van der Waals surface area contributed by atoms with Crippen molar-refractivity contribution in [3.63, 3.8) is 0 Å². The lowest BCUT2D eigenvalue weighted by molar-refractivity contribution is -0.134. The Balaban J connectivity index is 0.00000222. The molecule has 2 unspecified atom stereocenters. The fourth-order valence-corrected chi connectivity index (χ4v) is 4.70. The van der Waals surface area contributed by atoms with Gasteiger partial charge in [-0.1, -0.05) is 33.8 Å². The van der Waals surface area contributed by atoms with Crippen molar-refractivity contribution in [1.29, 1.82) is 0 Å². The van der Waals surface area contributed by atoms with E-state index < -0.39 is 23.6 Å². The highest BCUT2D eigenvalue weighted by atomic mass is 19.1. The average molecular weight is 501 g/mol. The topological polar surface area (TPSA) is 58.6 Å². The maximum Gasteiger partial charge on any atom is 0.330 e. The molecular formula is C29H38F2N2O3. The summed E-state index contributed by atoms with van der Waals surface area (Å²) in [6.45, 7) is 14.3. The second-order valence-corrected chi connectivity index (χ2v) is 9.29. The molecule has 5 nitrogen and oxygen atoms in total. The molecule has 0 aliphatic carbocycles. The number of esters is 1. The molecule has 2 atom stereocenters. The van der Waals surface area contributed by atoms with Gasteiger partial charge in [0.15, 0.2) is 0 Å².